The monoisotopic (exact) mass is 325 g/mol. The summed E-state index contributed by atoms with van der Waals surface area (Å²) in [4.78, 5) is 4.50. The van der Waals surface area contributed by atoms with Gasteiger partial charge < -0.3 is 10.3 Å². The van der Waals surface area contributed by atoms with Crippen LogP contribution >= 0.6 is 24.2 Å². The first-order valence-corrected chi connectivity index (χ1v) is 8.32. The SMILES string of the molecule is CSCc1ccc(-c2nc(C3(N)CCCC3)no2)cc1.Cl. The van der Waals surface area contributed by atoms with Crippen LogP contribution in [0.4, 0.5) is 0 Å². The van der Waals surface area contributed by atoms with E-state index in [-0.39, 0.29) is 17.9 Å². The number of nitrogens with zero attached hydrogens (tertiary/aromatic N) is 2. The molecule has 0 radical (unpaired) electrons. The zero-order valence-electron chi connectivity index (χ0n) is 12.0. The largest absolute Gasteiger partial charge is 0.334 e. The quantitative estimate of drug-likeness (QED) is 0.927. The molecule has 1 saturated carbocycles. The third-order valence-electron chi connectivity index (χ3n) is 3.88. The summed E-state index contributed by atoms with van der Waals surface area (Å²) in [5, 5.41) is 4.09. The molecule has 21 heavy (non-hydrogen) atoms. The predicted molar refractivity (Wildman–Crippen MR) is 88.5 cm³/mol. The van der Waals surface area contributed by atoms with Crippen LogP contribution < -0.4 is 5.73 Å². The Morgan fingerprint density at radius 2 is 1.90 bits per heavy atom. The van der Waals surface area contributed by atoms with Crippen LogP contribution in [0.15, 0.2) is 28.8 Å². The predicted octanol–water partition coefficient (Wildman–Crippen LogP) is 3.75. The molecule has 0 aliphatic heterocycles. The second kappa shape index (κ2) is 6.81. The molecule has 0 bridgehead atoms. The van der Waals surface area contributed by atoms with E-state index in [1.165, 1.54) is 5.56 Å². The van der Waals surface area contributed by atoms with Crippen molar-refractivity contribution < 1.29 is 4.52 Å². The fourth-order valence-electron chi connectivity index (χ4n) is 2.68. The van der Waals surface area contributed by atoms with Gasteiger partial charge in [-0.25, -0.2) is 0 Å². The minimum atomic E-state index is -0.388. The molecule has 0 atom stereocenters. The molecule has 3 rings (SSSR count). The van der Waals surface area contributed by atoms with Gasteiger partial charge in [-0.05, 0) is 36.8 Å². The van der Waals surface area contributed by atoms with Crippen molar-refractivity contribution >= 4 is 24.2 Å². The van der Waals surface area contributed by atoms with Gasteiger partial charge in [0.15, 0.2) is 5.82 Å². The third kappa shape index (κ3) is 3.42. The van der Waals surface area contributed by atoms with Crippen LogP contribution in [0.5, 0.6) is 0 Å². The van der Waals surface area contributed by atoms with Crippen molar-refractivity contribution in [3.05, 3.63) is 35.7 Å². The maximum absolute atomic E-state index is 6.35. The van der Waals surface area contributed by atoms with Crippen LogP contribution in [0.3, 0.4) is 0 Å². The molecule has 0 saturated heterocycles. The maximum Gasteiger partial charge on any atom is 0.257 e. The van der Waals surface area contributed by atoms with E-state index in [1.54, 1.807) is 0 Å². The molecular weight excluding hydrogens is 306 g/mol. The van der Waals surface area contributed by atoms with Crippen LogP contribution in [-0.4, -0.2) is 16.4 Å². The van der Waals surface area contributed by atoms with Crippen molar-refractivity contribution in [2.45, 2.75) is 37.0 Å². The van der Waals surface area contributed by atoms with E-state index < -0.39 is 0 Å². The fraction of sp³-hybridized carbons (Fsp3) is 0.467. The highest BCUT2D eigenvalue weighted by molar-refractivity contribution is 7.97. The van der Waals surface area contributed by atoms with Gasteiger partial charge in [-0.1, -0.05) is 30.1 Å². The van der Waals surface area contributed by atoms with Crippen LogP contribution in [0, 0.1) is 0 Å². The van der Waals surface area contributed by atoms with Gasteiger partial charge in [-0.2, -0.15) is 16.7 Å². The highest BCUT2D eigenvalue weighted by atomic mass is 35.5. The lowest BCUT2D eigenvalue weighted by Crippen LogP contribution is -2.34. The van der Waals surface area contributed by atoms with Gasteiger partial charge in [0.25, 0.3) is 5.89 Å². The Hall–Kier alpha value is -1.04. The summed E-state index contributed by atoms with van der Waals surface area (Å²) >= 11 is 1.81. The first-order chi connectivity index (χ1) is 9.71. The molecule has 0 unspecified atom stereocenters. The molecule has 1 aromatic carbocycles. The summed E-state index contributed by atoms with van der Waals surface area (Å²) in [5.41, 5.74) is 8.21. The van der Waals surface area contributed by atoms with Crippen molar-refractivity contribution in [1.29, 1.82) is 0 Å². The number of hydrogen-bond acceptors (Lipinski definition) is 5. The summed E-state index contributed by atoms with van der Waals surface area (Å²) < 4.78 is 5.38. The van der Waals surface area contributed by atoms with Gasteiger partial charge in [-0.15, -0.1) is 12.4 Å². The van der Waals surface area contributed by atoms with Crippen molar-refractivity contribution in [2.24, 2.45) is 5.73 Å². The van der Waals surface area contributed by atoms with Gasteiger partial charge in [0, 0.05) is 11.3 Å². The minimum Gasteiger partial charge on any atom is -0.334 e. The Morgan fingerprint density at radius 1 is 1.24 bits per heavy atom. The Bertz CT molecular complexity index is 579. The number of rotatable bonds is 4. The van der Waals surface area contributed by atoms with Gasteiger partial charge in [-0.3, -0.25) is 0 Å². The highest BCUT2D eigenvalue weighted by Gasteiger charge is 2.36. The second-order valence-electron chi connectivity index (χ2n) is 5.42. The maximum atomic E-state index is 6.35. The van der Waals surface area contributed by atoms with E-state index in [0.717, 1.165) is 37.0 Å². The summed E-state index contributed by atoms with van der Waals surface area (Å²) in [6.07, 6.45) is 6.27. The summed E-state index contributed by atoms with van der Waals surface area (Å²) in [6.45, 7) is 0. The van der Waals surface area contributed by atoms with E-state index in [1.807, 2.05) is 23.9 Å². The molecule has 1 aromatic heterocycles. The summed E-state index contributed by atoms with van der Waals surface area (Å²) in [5.74, 6) is 2.23. The van der Waals surface area contributed by atoms with Crippen molar-refractivity contribution in [1.82, 2.24) is 10.1 Å². The van der Waals surface area contributed by atoms with Crippen LogP contribution in [-0.2, 0) is 11.3 Å². The number of benzene rings is 1. The minimum absolute atomic E-state index is 0. The first-order valence-electron chi connectivity index (χ1n) is 6.93. The summed E-state index contributed by atoms with van der Waals surface area (Å²) in [7, 11) is 0. The molecule has 1 aliphatic rings. The zero-order chi connectivity index (χ0) is 14.0. The third-order valence-corrected chi connectivity index (χ3v) is 4.50. The van der Waals surface area contributed by atoms with Crippen LogP contribution in [0.1, 0.15) is 37.1 Å². The normalized spacial score (nSPS) is 16.7. The molecule has 114 valence electrons. The molecule has 2 aromatic rings. The number of thioether (sulfide) groups is 1. The lowest BCUT2D eigenvalue weighted by Gasteiger charge is -2.17. The second-order valence-corrected chi connectivity index (χ2v) is 6.28. The van der Waals surface area contributed by atoms with E-state index >= 15 is 0 Å². The van der Waals surface area contributed by atoms with Gasteiger partial charge in [0.05, 0.1) is 5.54 Å². The Kier molecular flexibility index (Phi) is 5.30. The smallest absolute Gasteiger partial charge is 0.257 e. The molecular formula is C15H20ClN3OS. The number of aromatic nitrogens is 2. The van der Waals surface area contributed by atoms with E-state index in [0.29, 0.717) is 11.7 Å². The van der Waals surface area contributed by atoms with Gasteiger partial charge in [0.2, 0.25) is 0 Å². The summed E-state index contributed by atoms with van der Waals surface area (Å²) in [6, 6.07) is 8.26. The lowest BCUT2D eigenvalue weighted by molar-refractivity contribution is 0.372. The van der Waals surface area contributed by atoms with Crippen molar-refractivity contribution in [3.8, 4) is 11.5 Å². The Morgan fingerprint density at radius 3 is 2.52 bits per heavy atom. The fourth-order valence-corrected chi connectivity index (χ4v) is 3.21. The molecule has 2 N–H and O–H groups in total. The van der Waals surface area contributed by atoms with Crippen LogP contribution in [0.2, 0.25) is 0 Å². The Labute approximate surface area is 135 Å². The molecule has 1 aliphatic carbocycles. The molecule has 6 heteroatoms. The number of nitrogens with two attached hydrogens (primary N) is 1. The Balaban J connectivity index is 0.00000161. The lowest BCUT2D eigenvalue weighted by atomic mass is 9.99. The van der Waals surface area contributed by atoms with Crippen molar-refractivity contribution in [2.75, 3.05) is 6.26 Å². The molecule has 0 spiro atoms. The highest BCUT2D eigenvalue weighted by Crippen LogP contribution is 2.35. The molecule has 0 amide bonds. The van der Waals surface area contributed by atoms with E-state index in [2.05, 4.69) is 28.5 Å². The topological polar surface area (TPSA) is 64.9 Å². The van der Waals surface area contributed by atoms with E-state index in [4.69, 9.17) is 10.3 Å². The standard InChI is InChI=1S/C15H19N3OS.ClH/c1-20-10-11-4-6-12(7-5-11)13-17-14(18-19-13)15(16)8-2-3-9-15;/h4-7H,2-3,8-10,16H2,1H3;1H. The van der Waals surface area contributed by atoms with E-state index in [9.17, 15) is 0 Å². The molecule has 4 nitrogen and oxygen atoms in total. The van der Waals surface area contributed by atoms with Gasteiger partial charge >= 0.3 is 0 Å². The first kappa shape index (κ1) is 16.3. The zero-order valence-corrected chi connectivity index (χ0v) is 13.7. The average molecular weight is 326 g/mol. The molecule has 1 fully saturated rings. The average Bonchev–Trinajstić information content (AvgIpc) is 3.10. The number of halogens is 1. The van der Waals surface area contributed by atoms with Crippen molar-refractivity contribution in [3.63, 3.8) is 0 Å². The van der Waals surface area contributed by atoms with Gasteiger partial charge in [0.1, 0.15) is 0 Å². The number of hydrogen-bond donors (Lipinski definition) is 1. The molecule has 1 heterocycles. The van der Waals surface area contributed by atoms with Crippen LogP contribution in [0.25, 0.3) is 11.5 Å².